The first-order chi connectivity index (χ1) is 9.99. The van der Waals surface area contributed by atoms with Crippen LogP contribution in [0.1, 0.15) is 16.7 Å². The van der Waals surface area contributed by atoms with Gasteiger partial charge in [0.15, 0.2) is 9.84 Å². The molecule has 1 N–H and O–H groups in total. The van der Waals surface area contributed by atoms with Crippen molar-refractivity contribution in [2.24, 2.45) is 0 Å². The van der Waals surface area contributed by atoms with Crippen molar-refractivity contribution < 1.29 is 13.2 Å². The zero-order valence-corrected chi connectivity index (χ0v) is 13.8. The molecule has 114 valence electrons. The van der Waals surface area contributed by atoms with E-state index in [1.165, 1.54) is 11.1 Å². The van der Waals surface area contributed by atoms with Crippen molar-refractivity contribution in [3.8, 4) is 5.75 Å². The van der Waals surface area contributed by atoms with Gasteiger partial charge in [-0.25, -0.2) is 8.42 Å². The van der Waals surface area contributed by atoms with E-state index in [1.54, 1.807) is 35.6 Å². The average molecular weight is 325 g/mol. The maximum absolute atomic E-state index is 11.5. The SMILES string of the molecule is CCNCc1ccc(COc2cccc(S(C)(=O)=O)c2)s1. The first-order valence-electron chi connectivity index (χ1n) is 6.70. The van der Waals surface area contributed by atoms with Gasteiger partial charge >= 0.3 is 0 Å². The van der Waals surface area contributed by atoms with E-state index in [0.29, 0.717) is 12.4 Å². The fourth-order valence-electron chi connectivity index (χ4n) is 1.79. The summed E-state index contributed by atoms with van der Waals surface area (Å²) >= 11 is 1.70. The predicted octanol–water partition coefficient (Wildman–Crippen LogP) is 2.84. The molecule has 0 radical (unpaired) electrons. The van der Waals surface area contributed by atoms with Crippen LogP contribution in [-0.2, 0) is 23.0 Å². The molecule has 21 heavy (non-hydrogen) atoms. The van der Waals surface area contributed by atoms with Crippen molar-refractivity contribution in [3.05, 3.63) is 46.2 Å². The van der Waals surface area contributed by atoms with Gasteiger partial charge in [-0.15, -0.1) is 11.3 Å². The molecule has 0 saturated heterocycles. The molecular weight excluding hydrogens is 306 g/mol. The first-order valence-corrected chi connectivity index (χ1v) is 9.41. The van der Waals surface area contributed by atoms with Crippen LogP contribution in [-0.4, -0.2) is 21.2 Å². The van der Waals surface area contributed by atoms with Gasteiger partial charge in [-0.05, 0) is 36.9 Å². The van der Waals surface area contributed by atoms with E-state index in [-0.39, 0.29) is 4.90 Å². The van der Waals surface area contributed by atoms with E-state index in [0.717, 1.165) is 18.0 Å². The summed E-state index contributed by atoms with van der Waals surface area (Å²) in [7, 11) is -3.20. The molecule has 0 aliphatic rings. The number of hydrogen-bond acceptors (Lipinski definition) is 5. The molecule has 2 rings (SSSR count). The second kappa shape index (κ2) is 7.06. The molecule has 6 heteroatoms. The van der Waals surface area contributed by atoms with Crippen LogP contribution in [0.5, 0.6) is 5.75 Å². The molecule has 2 aromatic rings. The average Bonchev–Trinajstić information content (AvgIpc) is 2.90. The van der Waals surface area contributed by atoms with Crippen LogP contribution >= 0.6 is 11.3 Å². The van der Waals surface area contributed by atoms with Crippen LogP contribution in [0.25, 0.3) is 0 Å². The van der Waals surface area contributed by atoms with Gasteiger partial charge in [0.05, 0.1) is 4.90 Å². The van der Waals surface area contributed by atoms with E-state index in [2.05, 4.69) is 18.3 Å². The second-order valence-electron chi connectivity index (χ2n) is 4.68. The third-order valence-corrected chi connectivity index (χ3v) is 5.05. The Balaban J connectivity index is 1.98. The molecule has 0 saturated carbocycles. The summed E-state index contributed by atoms with van der Waals surface area (Å²) in [5.74, 6) is 0.569. The van der Waals surface area contributed by atoms with Crippen molar-refractivity contribution in [1.29, 1.82) is 0 Å². The lowest BCUT2D eigenvalue weighted by atomic mass is 10.3. The zero-order valence-electron chi connectivity index (χ0n) is 12.1. The molecule has 0 aliphatic heterocycles. The van der Waals surface area contributed by atoms with Gasteiger partial charge < -0.3 is 10.1 Å². The van der Waals surface area contributed by atoms with Gasteiger partial charge in [0, 0.05) is 22.6 Å². The molecule has 0 aliphatic carbocycles. The van der Waals surface area contributed by atoms with Crippen LogP contribution in [0, 0.1) is 0 Å². The van der Waals surface area contributed by atoms with Crippen molar-refractivity contribution in [1.82, 2.24) is 5.32 Å². The highest BCUT2D eigenvalue weighted by Crippen LogP contribution is 2.21. The smallest absolute Gasteiger partial charge is 0.175 e. The Hall–Kier alpha value is -1.37. The Bertz CT molecular complexity index is 692. The summed E-state index contributed by atoms with van der Waals surface area (Å²) in [4.78, 5) is 2.66. The molecule has 1 aromatic carbocycles. The van der Waals surface area contributed by atoms with E-state index in [9.17, 15) is 8.42 Å². The van der Waals surface area contributed by atoms with Crippen molar-refractivity contribution in [3.63, 3.8) is 0 Å². The normalized spacial score (nSPS) is 11.5. The number of benzene rings is 1. The monoisotopic (exact) mass is 325 g/mol. The predicted molar refractivity (Wildman–Crippen MR) is 85.6 cm³/mol. The molecule has 4 nitrogen and oxygen atoms in total. The van der Waals surface area contributed by atoms with Crippen molar-refractivity contribution in [2.75, 3.05) is 12.8 Å². The highest BCUT2D eigenvalue weighted by Gasteiger charge is 2.08. The number of thiophene rings is 1. The van der Waals surface area contributed by atoms with Crippen LogP contribution in [0.15, 0.2) is 41.3 Å². The Morgan fingerprint density at radius 1 is 1.19 bits per heavy atom. The third-order valence-electron chi connectivity index (χ3n) is 2.88. The van der Waals surface area contributed by atoms with Gasteiger partial charge in [-0.2, -0.15) is 0 Å². The third kappa shape index (κ3) is 4.84. The summed E-state index contributed by atoms with van der Waals surface area (Å²) in [6.07, 6.45) is 1.19. The second-order valence-corrected chi connectivity index (χ2v) is 7.95. The van der Waals surface area contributed by atoms with E-state index >= 15 is 0 Å². The zero-order chi connectivity index (χ0) is 15.3. The van der Waals surface area contributed by atoms with Crippen LogP contribution in [0.3, 0.4) is 0 Å². The fourth-order valence-corrected chi connectivity index (χ4v) is 3.35. The Kier molecular flexibility index (Phi) is 5.39. The van der Waals surface area contributed by atoms with E-state index < -0.39 is 9.84 Å². The topological polar surface area (TPSA) is 55.4 Å². The van der Waals surface area contributed by atoms with E-state index in [1.807, 2.05) is 6.07 Å². The minimum atomic E-state index is -3.20. The highest BCUT2D eigenvalue weighted by molar-refractivity contribution is 7.90. The summed E-state index contributed by atoms with van der Waals surface area (Å²) in [5, 5.41) is 3.28. The molecule has 0 amide bonds. The highest BCUT2D eigenvalue weighted by atomic mass is 32.2. The summed E-state index contributed by atoms with van der Waals surface area (Å²) in [6.45, 7) is 4.34. The molecule has 0 spiro atoms. The van der Waals surface area contributed by atoms with Crippen molar-refractivity contribution in [2.45, 2.75) is 25.0 Å². The summed E-state index contributed by atoms with van der Waals surface area (Å²) in [5.41, 5.74) is 0. The molecule has 0 fully saturated rings. The van der Waals surface area contributed by atoms with Crippen molar-refractivity contribution >= 4 is 21.2 Å². The Labute approximate surface area is 129 Å². The number of nitrogens with one attached hydrogen (secondary N) is 1. The standard InChI is InChI=1S/C15H19NO3S2/c1-3-16-10-13-7-8-14(20-13)11-19-12-5-4-6-15(9-12)21(2,17)18/h4-9,16H,3,10-11H2,1-2H3. The molecule has 1 aromatic heterocycles. The van der Waals surface area contributed by atoms with Gasteiger partial charge in [0.1, 0.15) is 12.4 Å². The van der Waals surface area contributed by atoms with E-state index in [4.69, 9.17) is 4.74 Å². The van der Waals surface area contributed by atoms with Gasteiger partial charge in [0.25, 0.3) is 0 Å². The number of sulfone groups is 1. The minimum Gasteiger partial charge on any atom is -0.488 e. The molecular formula is C15H19NO3S2. The number of rotatable bonds is 7. The molecule has 1 heterocycles. The lowest BCUT2D eigenvalue weighted by Gasteiger charge is -2.06. The molecule has 0 unspecified atom stereocenters. The fraction of sp³-hybridized carbons (Fsp3) is 0.333. The summed E-state index contributed by atoms with van der Waals surface area (Å²) in [6, 6.07) is 10.7. The largest absolute Gasteiger partial charge is 0.488 e. The number of hydrogen-bond donors (Lipinski definition) is 1. The molecule has 0 atom stereocenters. The van der Waals surface area contributed by atoms with Crippen LogP contribution in [0.4, 0.5) is 0 Å². The first kappa shape index (κ1) is 16.0. The molecule has 0 bridgehead atoms. The quantitative estimate of drug-likeness (QED) is 0.850. The van der Waals surface area contributed by atoms with Crippen LogP contribution in [0.2, 0.25) is 0 Å². The van der Waals surface area contributed by atoms with Gasteiger partial charge in [0.2, 0.25) is 0 Å². The maximum atomic E-state index is 11.5. The lowest BCUT2D eigenvalue weighted by molar-refractivity contribution is 0.309. The van der Waals surface area contributed by atoms with Gasteiger partial charge in [-0.3, -0.25) is 0 Å². The minimum absolute atomic E-state index is 0.277. The maximum Gasteiger partial charge on any atom is 0.175 e. The number of ether oxygens (including phenoxy) is 1. The van der Waals surface area contributed by atoms with Crippen LogP contribution < -0.4 is 10.1 Å². The Morgan fingerprint density at radius 2 is 1.95 bits per heavy atom. The van der Waals surface area contributed by atoms with Gasteiger partial charge in [-0.1, -0.05) is 13.0 Å². The summed E-state index contributed by atoms with van der Waals surface area (Å²) < 4.78 is 28.7. The lowest BCUT2D eigenvalue weighted by Crippen LogP contribution is -2.10. The Morgan fingerprint density at radius 3 is 2.67 bits per heavy atom.